The molecule has 1 aliphatic heterocycles. The number of likely N-dealkylation sites (N-methyl/N-ethyl adjacent to an activating group) is 1. The first-order valence-corrected chi connectivity index (χ1v) is 12.3. The fourth-order valence-electron chi connectivity index (χ4n) is 5.32. The number of hydrogen-bond acceptors (Lipinski definition) is 4. The Morgan fingerprint density at radius 2 is 1.83 bits per heavy atom. The van der Waals surface area contributed by atoms with Crippen LogP contribution in [-0.2, 0) is 26.6 Å². The third-order valence-electron chi connectivity index (χ3n) is 7.29. The van der Waals surface area contributed by atoms with Crippen molar-refractivity contribution >= 4 is 0 Å². The van der Waals surface area contributed by atoms with Gasteiger partial charge in [0.1, 0.15) is 5.82 Å². The summed E-state index contributed by atoms with van der Waals surface area (Å²) in [5.41, 5.74) is 4.06. The molecule has 0 aliphatic carbocycles. The zero-order valence-corrected chi connectivity index (χ0v) is 21.2. The number of aryl methyl sites for hydroxylation is 2. The Morgan fingerprint density at radius 3 is 2.49 bits per heavy atom. The van der Waals surface area contributed by atoms with Crippen LogP contribution < -0.4 is 4.74 Å². The second-order valence-corrected chi connectivity index (χ2v) is 9.77. The van der Waals surface area contributed by atoms with Crippen LogP contribution in [0.4, 0.5) is 8.78 Å². The maximum Gasteiger partial charge on any atom is 0.165 e. The van der Waals surface area contributed by atoms with Crippen LogP contribution >= 0.6 is 0 Å². The molecule has 4 rings (SSSR count). The van der Waals surface area contributed by atoms with Gasteiger partial charge in [0.25, 0.3) is 0 Å². The van der Waals surface area contributed by atoms with E-state index in [1.54, 1.807) is 18.2 Å². The van der Waals surface area contributed by atoms with Gasteiger partial charge in [-0.2, -0.15) is 5.10 Å². The van der Waals surface area contributed by atoms with Gasteiger partial charge in [0.2, 0.25) is 0 Å². The minimum absolute atomic E-state index is 0.133. The van der Waals surface area contributed by atoms with E-state index in [1.807, 2.05) is 36.9 Å². The maximum absolute atomic E-state index is 14.6. The van der Waals surface area contributed by atoms with Crippen LogP contribution in [0.25, 0.3) is 0 Å². The van der Waals surface area contributed by atoms with E-state index in [0.717, 1.165) is 55.8 Å². The van der Waals surface area contributed by atoms with Gasteiger partial charge in [0.15, 0.2) is 11.6 Å². The molecule has 5 nitrogen and oxygen atoms in total. The molecule has 1 aliphatic rings. The minimum Gasteiger partial charge on any atom is -0.494 e. The average molecular weight is 483 g/mol. The zero-order chi connectivity index (χ0) is 24.9. The van der Waals surface area contributed by atoms with Crippen LogP contribution in [0.3, 0.4) is 0 Å². The normalized spacial score (nSPS) is 16.1. The third kappa shape index (κ3) is 6.27. The summed E-state index contributed by atoms with van der Waals surface area (Å²) in [5.74, 6) is 0.272. The van der Waals surface area contributed by atoms with Gasteiger partial charge in [0.05, 0.1) is 12.8 Å². The number of halogens is 2. The average Bonchev–Trinajstić information content (AvgIpc) is 3.16. The van der Waals surface area contributed by atoms with Crippen molar-refractivity contribution in [1.82, 2.24) is 19.6 Å². The van der Waals surface area contributed by atoms with Crippen LogP contribution in [0.1, 0.15) is 35.2 Å². The third-order valence-corrected chi connectivity index (χ3v) is 7.29. The molecule has 0 N–H and O–H groups in total. The number of piperidine rings is 1. The Bertz CT molecular complexity index is 1120. The van der Waals surface area contributed by atoms with Crippen molar-refractivity contribution in [2.45, 2.75) is 45.3 Å². The number of aromatic nitrogens is 2. The van der Waals surface area contributed by atoms with Crippen LogP contribution in [0.5, 0.6) is 5.75 Å². The molecular formula is C28H36F2N4O. The molecule has 7 heteroatoms. The molecule has 0 bridgehead atoms. The molecule has 1 fully saturated rings. The summed E-state index contributed by atoms with van der Waals surface area (Å²) in [6.07, 6.45) is 4.83. The Kier molecular flexibility index (Phi) is 8.19. The van der Waals surface area contributed by atoms with E-state index in [2.05, 4.69) is 28.1 Å². The lowest BCUT2D eigenvalue weighted by Gasteiger charge is -2.40. The molecule has 2 aromatic carbocycles. The molecule has 1 unspecified atom stereocenters. The quantitative estimate of drug-likeness (QED) is 0.431. The first-order chi connectivity index (χ1) is 16.8. The van der Waals surface area contributed by atoms with E-state index in [-0.39, 0.29) is 23.4 Å². The van der Waals surface area contributed by atoms with E-state index < -0.39 is 0 Å². The molecule has 1 saturated heterocycles. The topological polar surface area (TPSA) is 33.5 Å². The predicted molar refractivity (Wildman–Crippen MR) is 134 cm³/mol. The van der Waals surface area contributed by atoms with Crippen molar-refractivity contribution in [3.8, 4) is 5.75 Å². The summed E-state index contributed by atoms with van der Waals surface area (Å²) >= 11 is 0. The smallest absolute Gasteiger partial charge is 0.165 e. The first-order valence-electron chi connectivity index (χ1n) is 12.3. The molecule has 188 valence electrons. The van der Waals surface area contributed by atoms with Crippen LogP contribution in [0.15, 0.2) is 48.7 Å². The summed E-state index contributed by atoms with van der Waals surface area (Å²) in [6, 6.07) is 12.4. The van der Waals surface area contributed by atoms with E-state index in [9.17, 15) is 8.78 Å². The Hall–Kier alpha value is -2.77. The molecule has 0 saturated carbocycles. The van der Waals surface area contributed by atoms with Gasteiger partial charge in [0, 0.05) is 37.9 Å². The highest BCUT2D eigenvalue weighted by atomic mass is 19.1. The standard InChI is InChI=1S/C28H36F2N4O/c1-20-24(19-33(3)31-20)18-32(2)27(16-23-7-5-6-8-25(23)29)22-11-13-34(14-12-22)17-21-9-10-26(30)28(15-21)35-4/h5-10,15,19,22,27H,11-14,16-18H2,1-4H3. The molecule has 0 spiro atoms. The number of nitrogens with zero attached hydrogens (tertiary/aromatic N) is 4. The Balaban J connectivity index is 1.45. The summed E-state index contributed by atoms with van der Waals surface area (Å²) in [7, 11) is 5.59. The number of rotatable bonds is 9. The molecule has 0 amide bonds. The summed E-state index contributed by atoms with van der Waals surface area (Å²) in [4.78, 5) is 4.79. The summed E-state index contributed by atoms with van der Waals surface area (Å²) in [6.45, 7) is 5.51. The van der Waals surface area contributed by atoms with Crippen molar-refractivity contribution in [2.24, 2.45) is 13.0 Å². The van der Waals surface area contributed by atoms with Crippen LogP contribution in [-0.4, -0.2) is 52.9 Å². The Labute approximate surface area is 207 Å². The van der Waals surface area contributed by atoms with Crippen LogP contribution in [0.2, 0.25) is 0 Å². The highest BCUT2D eigenvalue weighted by Crippen LogP contribution is 2.29. The molecule has 35 heavy (non-hydrogen) atoms. The fraction of sp³-hybridized carbons (Fsp3) is 0.464. The zero-order valence-electron chi connectivity index (χ0n) is 21.2. The lowest BCUT2D eigenvalue weighted by molar-refractivity contribution is 0.0948. The van der Waals surface area contributed by atoms with Gasteiger partial charge in [-0.15, -0.1) is 0 Å². The number of hydrogen-bond donors (Lipinski definition) is 0. The highest BCUT2D eigenvalue weighted by Gasteiger charge is 2.30. The van der Waals surface area contributed by atoms with Crippen molar-refractivity contribution in [3.05, 3.63) is 82.7 Å². The van der Waals surface area contributed by atoms with Gasteiger partial charge < -0.3 is 4.74 Å². The van der Waals surface area contributed by atoms with Gasteiger partial charge >= 0.3 is 0 Å². The van der Waals surface area contributed by atoms with Crippen LogP contribution in [0, 0.1) is 24.5 Å². The Morgan fingerprint density at radius 1 is 1.09 bits per heavy atom. The lowest BCUT2D eigenvalue weighted by atomic mass is 9.84. The van der Waals surface area contributed by atoms with Gasteiger partial charge in [-0.3, -0.25) is 14.5 Å². The van der Waals surface area contributed by atoms with E-state index in [4.69, 9.17) is 4.74 Å². The molecule has 3 aromatic rings. The first kappa shape index (κ1) is 25.3. The minimum atomic E-state index is -0.335. The lowest BCUT2D eigenvalue weighted by Crippen LogP contribution is -2.45. The molecule has 2 heterocycles. The molecule has 1 aromatic heterocycles. The van der Waals surface area contributed by atoms with E-state index in [1.165, 1.54) is 18.7 Å². The number of likely N-dealkylation sites (tertiary alicyclic amines) is 1. The fourth-order valence-corrected chi connectivity index (χ4v) is 5.32. The summed E-state index contributed by atoms with van der Waals surface area (Å²) < 4.78 is 35.4. The van der Waals surface area contributed by atoms with Gasteiger partial charge in [-0.1, -0.05) is 24.3 Å². The SMILES string of the molecule is COc1cc(CN2CCC(C(Cc3ccccc3F)N(C)Cc3cn(C)nc3C)CC2)ccc1F. The van der Waals surface area contributed by atoms with E-state index >= 15 is 0 Å². The molecular weight excluding hydrogens is 446 g/mol. The highest BCUT2D eigenvalue weighted by molar-refractivity contribution is 5.30. The van der Waals surface area contributed by atoms with Crippen molar-refractivity contribution in [3.63, 3.8) is 0 Å². The van der Waals surface area contributed by atoms with Crippen molar-refractivity contribution < 1.29 is 13.5 Å². The van der Waals surface area contributed by atoms with Gasteiger partial charge in [-0.25, -0.2) is 8.78 Å². The number of ether oxygens (including phenoxy) is 1. The largest absolute Gasteiger partial charge is 0.494 e. The van der Waals surface area contributed by atoms with Gasteiger partial charge in [-0.05, 0) is 81.6 Å². The van der Waals surface area contributed by atoms with Crippen molar-refractivity contribution in [1.29, 1.82) is 0 Å². The predicted octanol–water partition coefficient (Wildman–Crippen LogP) is 4.97. The second-order valence-electron chi connectivity index (χ2n) is 9.77. The number of benzene rings is 2. The molecule has 1 atom stereocenters. The maximum atomic E-state index is 14.6. The van der Waals surface area contributed by atoms with E-state index in [0.29, 0.717) is 12.3 Å². The number of methoxy groups -OCH3 is 1. The monoisotopic (exact) mass is 482 g/mol. The second kappa shape index (κ2) is 11.3. The van der Waals surface area contributed by atoms with Crippen molar-refractivity contribution in [2.75, 3.05) is 27.2 Å². The molecule has 0 radical (unpaired) electrons. The summed E-state index contributed by atoms with van der Waals surface area (Å²) in [5, 5.41) is 4.49.